The van der Waals surface area contributed by atoms with E-state index in [2.05, 4.69) is 40.7 Å². The molecule has 4 aliphatic carbocycles. The molecule has 5 aliphatic rings. The first kappa shape index (κ1) is 24.3. The zero-order chi connectivity index (χ0) is 23.8. The minimum atomic E-state index is -4.39. The molecule has 1 saturated heterocycles. The van der Waals surface area contributed by atoms with Gasteiger partial charge < -0.3 is 4.74 Å². The summed E-state index contributed by atoms with van der Waals surface area (Å²) in [6, 6.07) is 0. The van der Waals surface area contributed by atoms with Gasteiger partial charge in [0.05, 0.1) is 17.8 Å². The van der Waals surface area contributed by atoms with Gasteiger partial charge in [0.1, 0.15) is 0 Å². The van der Waals surface area contributed by atoms with Gasteiger partial charge in [-0.15, -0.1) is 0 Å². The molecule has 9 atom stereocenters. The van der Waals surface area contributed by atoms with Crippen molar-refractivity contribution in [3.05, 3.63) is 11.6 Å². The number of ether oxygens (including phenoxy) is 1. The SMILES string of the molecule is C[C@H](CCC1OC1(C)C)C1CCC2C3CC=C4C[C@@H](OS(=O)(=O)O)CCC4(C)C3CC[C@@]21C. The van der Waals surface area contributed by atoms with Gasteiger partial charge in [0.25, 0.3) is 0 Å². The summed E-state index contributed by atoms with van der Waals surface area (Å²) in [5, 5.41) is 0. The Morgan fingerprint density at radius 2 is 1.85 bits per heavy atom. The van der Waals surface area contributed by atoms with Crippen LogP contribution in [0.1, 0.15) is 98.8 Å². The van der Waals surface area contributed by atoms with Crippen LogP contribution in [-0.4, -0.2) is 30.8 Å². The summed E-state index contributed by atoms with van der Waals surface area (Å²) >= 11 is 0. The van der Waals surface area contributed by atoms with Gasteiger partial charge in [0.2, 0.25) is 0 Å². The number of rotatable bonds is 6. The lowest BCUT2D eigenvalue weighted by atomic mass is 9.47. The van der Waals surface area contributed by atoms with Gasteiger partial charge in [0.15, 0.2) is 0 Å². The molecule has 0 amide bonds. The molecule has 0 aromatic rings. The second kappa shape index (κ2) is 8.04. The Balaban J connectivity index is 1.28. The van der Waals surface area contributed by atoms with E-state index in [4.69, 9.17) is 13.5 Å². The van der Waals surface area contributed by atoms with Crippen LogP contribution in [0.5, 0.6) is 0 Å². The summed E-state index contributed by atoms with van der Waals surface area (Å²) < 4.78 is 42.4. The van der Waals surface area contributed by atoms with E-state index >= 15 is 0 Å². The Morgan fingerprint density at radius 3 is 2.52 bits per heavy atom. The van der Waals surface area contributed by atoms with Gasteiger partial charge in [-0.1, -0.05) is 32.4 Å². The van der Waals surface area contributed by atoms with Crippen LogP contribution in [0.2, 0.25) is 0 Å². The molecule has 6 heteroatoms. The summed E-state index contributed by atoms with van der Waals surface area (Å²) in [6.07, 6.45) is 13.7. The molecule has 3 saturated carbocycles. The zero-order valence-electron chi connectivity index (χ0n) is 21.2. The predicted octanol–water partition coefficient (Wildman–Crippen LogP) is 6.35. The van der Waals surface area contributed by atoms with E-state index in [0.717, 1.165) is 36.5 Å². The average molecular weight is 481 g/mol. The molecule has 0 bridgehead atoms. The van der Waals surface area contributed by atoms with E-state index in [9.17, 15) is 8.42 Å². The predicted molar refractivity (Wildman–Crippen MR) is 129 cm³/mol. The average Bonchev–Trinajstić information content (AvgIpc) is 3.16. The van der Waals surface area contributed by atoms with Crippen molar-refractivity contribution >= 4 is 10.4 Å². The van der Waals surface area contributed by atoms with Gasteiger partial charge in [-0.25, -0.2) is 4.18 Å². The van der Waals surface area contributed by atoms with Crippen molar-refractivity contribution in [2.24, 2.45) is 40.4 Å². The van der Waals surface area contributed by atoms with Gasteiger partial charge in [-0.3, -0.25) is 4.55 Å². The lowest BCUT2D eigenvalue weighted by Crippen LogP contribution is -2.51. The Bertz CT molecular complexity index is 909. The van der Waals surface area contributed by atoms with Crippen molar-refractivity contribution in [1.82, 2.24) is 0 Å². The number of epoxide rings is 1. The van der Waals surface area contributed by atoms with E-state index in [1.165, 1.54) is 44.1 Å². The smallest absolute Gasteiger partial charge is 0.367 e. The first-order chi connectivity index (χ1) is 15.3. The monoisotopic (exact) mass is 480 g/mol. The molecular weight excluding hydrogens is 436 g/mol. The number of allylic oxidation sites excluding steroid dienone is 1. The Morgan fingerprint density at radius 1 is 1.12 bits per heavy atom. The lowest BCUT2D eigenvalue weighted by molar-refractivity contribution is -0.0560. The number of hydrogen-bond donors (Lipinski definition) is 1. The number of fused-ring (bicyclic) bond motifs is 5. The van der Waals surface area contributed by atoms with Crippen LogP contribution in [-0.2, 0) is 19.3 Å². The molecule has 0 aromatic carbocycles. The van der Waals surface area contributed by atoms with Crippen LogP contribution in [0.3, 0.4) is 0 Å². The fourth-order valence-corrected chi connectivity index (χ4v) is 9.72. The van der Waals surface area contributed by atoms with E-state index < -0.39 is 16.5 Å². The highest BCUT2D eigenvalue weighted by Crippen LogP contribution is 2.67. The molecule has 33 heavy (non-hydrogen) atoms. The second-order valence-electron chi connectivity index (χ2n) is 13.1. The molecule has 188 valence electrons. The zero-order valence-corrected chi connectivity index (χ0v) is 22.0. The van der Waals surface area contributed by atoms with Crippen LogP contribution in [0.15, 0.2) is 11.6 Å². The Labute approximate surface area is 201 Å². The molecular formula is C27H44O5S. The van der Waals surface area contributed by atoms with Crippen LogP contribution in [0.25, 0.3) is 0 Å². The first-order valence-electron chi connectivity index (χ1n) is 13.4. The van der Waals surface area contributed by atoms with Crippen molar-refractivity contribution in [2.75, 3.05) is 0 Å². The standard InChI is InChI=1S/C27H44O5S/c1-17(6-11-24-25(2,3)31-24)21-9-10-22-20-8-7-18-16-19(32-33(28,29)30)12-14-26(18,4)23(20)13-15-27(21,22)5/h7,17,19-24H,6,8-16H2,1-5H3,(H,28,29,30)/t17-,19+,20?,21?,22?,23?,24?,26?,27-/m1/s1. The molecule has 1 N–H and O–H groups in total. The molecule has 1 aliphatic heterocycles. The van der Waals surface area contributed by atoms with Crippen molar-refractivity contribution < 1.29 is 21.9 Å². The Kier molecular flexibility index (Phi) is 5.91. The highest BCUT2D eigenvalue weighted by Gasteiger charge is 2.59. The summed E-state index contributed by atoms with van der Waals surface area (Å²) in [6.45, 7) is 12.0. The highest BCUT2D eigenvalue weighted by atomic mass is 32.3. The summed E-state index contributed by atoms with van der Waals surface area (Å²) in [5.74, 6) is 3.83. The van der Waals surface area contributed by atoms with Crippen LogP contribution >= 0.6 is 0 Å². The van der Waals surface area contributed by atoms with E-state index in [0.29, 0.717) is 30.3 Å². The minimum absolute atomic E-state index is 0.104. The van der Waals surface area contributed by atoms with Crippen LogP contribution in [0.4, 0.5) is 0 Å². The third-order valence-electron chi connectivity index (χ3n) is 11.1. The van der Waals surface area contributed by atoms with Crippen molar-refractivity contribution in [1.29, 1.82) is 0 Å². The highest BCUT2D eigenvalue weighted by molar-refractivity contribution is 7.80. The summed E-state index contributed by atoms with van der Waals surface area (Å²) in [7, 11) is -4.39. The maximum atomic E-state index is 11.2. The van der Waals surface area contributed by atoms with Crippen LogP contribution in [0, 0.1) is 40.4 Å². The fourth-order valence-electron chi connectivity index (χ4n) is 9.21. The summed E-state index contributed by atoms with van der Waals surface area (Å²) in [4.78, 5) is 0. The quantitative estimate of drug-likeness (QED) is 0.272. The topological polar surface area (TPSA) is 76.1 Å². The first-order valence-corrected chi connectivity index (χ1v) is 14.7. The molecule has 5 rings (SSSR count). The molecule has 0 aromatic heterocycles. The molecule has 6 unspecified atom stereocenters. The lowest BCUT2D eigenvalue weighted by Gasteiger charge is -2.58. The van der Waals surface area contributed by atoms with Gasteiger partial charge >= 0.3 is 10.4 Å². The third-order valence-corrected chi connectivity index (χ3v) is 11.6. The molecule has 0 radical (unpaired) electrons. The minimum Gasteiger partial charge on any atom is -0.367 e. The number of hydrogen-bond acceptors (Lipinski definition) is 4. The van der Waals surface area contributed by atoms with Gasteiger partial charge in [0, 0.05) is 0 Å². The maximum Gasteiger partial charge on any atom is 0.397 e. The molecule has 5 nitrogen and oxygen atoms in total. The van der Waals surface area contributed by atoms with E-state index in [1.807, 2.05) is 0 Å². The third kappa shape index (κ3) is 4.25. The van der Waals surface area contributed by atoms with Gasteiger partial charge in [-0.2, -0.15) is 8.42 Å². The molecule has 0 spiro atoms. The van der Waals surface area contributed by atoms with Crippen LogP contribution < -0.4 is 0 Å². The van der Waals surface area contributed by atoms with E-state index in [1.54, 1.807) is 0 Å². The van der Waals surface area contributed by atoms with Gasteiger partial charge in [-0.05, 0) is 118 Å². The second-order valence-corrected chi connectivity index (χ2v) is 14.2. The van der Waals surface area contributed by atoms with Crippen molar-refractivity contribution in [3.63, 3.8) is 0 Å². The normalized spacial score (nSPS) is 47.2. The van der Waals surface area contributed by atoms with Crippen molar-refractivity contribution in [3.8, 4) is 0 Å². The maximum absolute atomic E-state index is 11.2. The molecule has 1 heterocycles. The fraction of sp³-hybridized carbons (Fsp3) is 0.926. The Hall–Kier alpha value is -0.430. The van der Waals surface area contributed by atoms with E-state index in [-0.39, 0.29) is 11.0 Å². The summed E-state index contributed by atoms with van der Waals surface area (Å²) in [5.41, 5.74) is 2.09. The largest absolute Gasteiger partial charge is 0.397 e. The van der Waals surface area contributed by atoms with Crippen molar-refractivity contribution in [2.45, 2.75) is 117 Å². The molecule has 4 fully saturated rings.